The highest BCUT2D eigenvalue weighted by Gasteiger charge is 2.63. The van der Waals surface area contributed by atoms with Gasteiger partial charge in [0.2, 0.25) is 11.7 Å². The van der Waals surface area contributed by atoms with Crippen molar-refractivity contribution in [3.05, 3.63) is 11.7 Å². The van der Waals surface area contributed by atoms with Crippen LogP contribution < -0.4 is 0 Å². The van der Waals surface area contributed by atoms with Crippen LogP contribution in [0.4, 0.5) is 30.7 Å². The molecule has 2 heterocycles. The van der Waals surface area contributed by atoms with E-state index in [4.69, 9.17) is 18.9 Å². The van der Waals surface area contributed by atoms with E-state index in [1.54, 1.807) is 13.8 Å². The third kappa shape index (κ3) is 4.66. The van der Waals surface area contributed by atoms with E-state index in [0.29, 0.717) is 0 Å². The summed E-state index contributed by atoms with van der Waals surface area (Å²) >= 11 is 0. The number of hydrogen-bond acceptors (Lipinski definition) is 5. The molecule has 0 aromatic carbocycles. The van der Waals surface area contributed by atoms with Crippen LogP contribution in [0, 0.1) is 0 Å². The van der Waals surface area contributed by atoms with Crippen LogP contribution in [0.1, 0.15) is 34.1 Å². The minimum absolute atomic E-state index is 0.000620. The minimum Gasteiger partial charge on any atom is -0.348 e. The second kappa shape index (κ2) is 7.22. The SMILES string of the molecule is CC1(C)O[C@@H]([C@H]2COC(C)(C)O2)[C@H](CC(=O)/C(F)=C(\F)C(F)(F)C(F)(F)F)O1. The Bertz CT molecular complexity index is 656. The van der Waals surface area contributed by atoms with Crippen molar-refractivity contribution in [2.75, 3.05) is 6.61 Å². The van der Waals surface area contributed by atoms with Gasteiger partial charge in [-0.05, 0) is 27.7 Å². The molecule has 0 aromatic rings. The molecule has 2 fully saturated rings. The molecule has 0 unspecified atom stereocenters. The molecule has 2 rings (SSSR count). The quantitative estimate of drug-likeness (QED) is 0.494. The van der Waals surface area contributed by atoms with Crippen LogP contribution in [0.2, 0.25) is 0 Å². The molecule has 0 aliphatic carbocycles. The Morgan fingerprint density at radius 3 is 2.00 bits per heavy atom. The number of hydrogen-bond donors (Lipinski definition) is 0. The Labute approximate surface area is 155 Å². The zero-order chi connectivity index (χ0) is 21.7. The third-order valence-corrected chi connectivity index (χ3v) is 4.07. The van der Waals surface area contributed by atoms with Gasteiger partial charge < -0.3 is 18.9 Å². The van der Waals surface area contributed by atoms with Crippen LogP contribution in [0.15, 0.2) is 11.7 Å². The van der Waals surface area contributed by atoms with Gasteiger partial charge in [-0.2, -0.15) is 26.3 Å². The fraction of sp³-hybridized carbons (Fsp3) is 0.812. The molecule has 0 spiro atoms. The predicted octanol–water partition coefficient (Wildman–Crippen LogP) is 3.97. The van der Waals surface area contributed by atoms with Gasteiger partial charge in [-0.1, -0.05) is 0 Å². The summed E-state index contributed by atoms with van der Waals surface area (Å²) in [5.74, 6) is -16.7. The maximum Gasteiger partial charge on any atom is 0.460 e. The first-order valence-corrected chi connectivity index (χ1v) is 8.18. The monoisotopic (exact) mass is 424 g/mol. The van der Waals surface area contributed by atoms with Crippen molar-refractivity contribution < 1.29 is 54.5 Å². The lowest BCUT2D eigenvalue weighted by Gasteiger charge is -2.23. The lowest BCUT2D eigenvalue weighted by Crippen LogP contribution is -2.40. The van der Waals surface area contributed by atoms with Crippen LogP contribution in [0.25, 0.3) is 0 Å². The summed E-state index contributed by atoms with van der Waals surface area (Å²) in [6.45, 7) is 6.06. The highest BCUT2D eigenvalue weighted by Crippen LogP contribution is 2.44. The average molecular weight is 424 g/mol. The Morgan fingerprint density at radius 1 is 0.964 bits per heavy atom. The molecule has 162 valence electrons. The Kier molecular flexibility index (Phi) is 5.94. The molecule has 0 aromatic heterocycles. The topological polar surface area (TPSA) is 54.0 Å². The number of rotatable bonds is 5. The summed E-state index contributed by atoms with van der Waals surface area (Å²) in [6, 6.07) is 0. The lowest BCUT2D eigenvalue weighted by atomic mass is 10.0. The zero-order valence-electron chi connectivity index (χ0n) is 15.3. The smallest absolute Gasteiger partial charge is 0.348 e. The number of carbonyl (C=O) groups is 1. The van der Waals surface area contributed by atoms with Gasteiger partial charge in [-0.3, -0.25) is 4.79 Å². The van der Waals surface area contributed by atoms with E-state index in [1.165, 1.54) is 13.8 Å². The Morgan fingerprint density at radius 2 is 1.54 bits per heavy atom. The first-order valence-electron chi connectivity index (χ1n) is 8.18. The van der Waals surface area contributed by atoms with Crippen molar-refractivity contribution in [3.8, 4) is 0 Å². The van der Waals surface area contributed by atoms with Crippen LogP contribution in [0.3, 0.4) is 0 Å². The molecular formula is C16H19F7O5. The van der Waals surface area contributed by atoms with Crippen LogP contribution in [-0.4, -0.2) is 54.4 Å². The molecule has 0 saturated carbocycles. The summed E-state index contributed by atoms with van der Waals surface area (Å²) in [5, 5.41) is 0. The third-order valence-electron chi connectivity index (χ3n) is 4.07. The average Bonchev–Trinajstić information content (AvgIpc) is 3.03. The number of allylic oxidation sites excluding steroid dienone is 2. The molecule has 0 N–H and O–H groups in total. The number of ketones is 1. The van der Waals surface area contributed by atoms with Crippen molar-refractivity contribution in [1.29, 1.82) is 0 Å². The molecule has 2 saturated heterocycles. The van der Waals surface area contributed by atoms with E-state index in [2.05, 4.69) is 0 Å². The maximum absolute atomic E-state index is 13.7. The van der Waals surface area contributed by atoms with Gasteiger partial charge in [0.1, 0.15) is 12.2 Å². The Hall–Kier alpha value is -1.24. The number of alkyl halides is 5. The first-order chi connectivity index (χ1) is 12.5. The molecule has 0 radical (unpaired) electrons. The molecule has 28 heavy (non-hydrogen) atoms. The van der Waals surface area contributed by atoms with Crippen molar-refractivity contribution in [2.45, 2.75) is 76.1 Å². The second-order valence-corrected chi connectivity index (χ2v) is 7.33. The van der Waals surface area contributed by atoms with Gasteiger partial charge in [-0.25, -0.2) is 4.39 Å². The van der Waals surface area contributed by atoms with E-state index < -0.39 is 65.8 Å². The lowest BCUT2D eigenvalue weighted by molar-refractivity contribution is -0.271. The number of carbonyl (C=O) groups excluding carboxylic acids is 1. The van der Waals surface area contributed by atoms with E-state index in [0.717, 1.165) is 0 Å². The van der Waals surface area contributed by atoms with Crippen molar-refractivity contribution >= 4 is 5.78 Å². The van der Waals surface area contributed by atoms with Crippen molar-refractivity contribution in [3.63, 3.8) is 0 Å². The second-order valence-electron chi connectivity index (χ2n) is 7.33. The fourth-order valence-corrected chi connectivity index (χ4v) is 2.87. The normalized spacial score (nSPS) is 31.0. The van der Waals surface area contributed by atoms with Crippen LogP contribution in [0.5, 0.6) is 0 Å². The summed E-state index contributed by atoms with van der Waals surface area (Å²) < 4.78 is 111. The predicted molar refractivity (Wildman–Crippen MR) is 78.6 cm³/mol. The first kappa shape index (κ1) is 23.0. The van der Waals surface area contributed by atoms with Gasteiger partial charge in [0.25, 0.3) is 0 Å². The molecule has 12 heteroatoms. The molecule has 2 aliphatic rings. The number of halogens is 7. The van der Waals surface area contributed by atoms with Crippen LogP contribution in [-0.2, 0) is 23.7 Å². The standard InChI is InChI=1S/C16H19F7O5/c1-13(2)25-6-9(27-13)11-8(26-14(3,4)28-11)5-7(24)10(17)12(18)15(19,20)16(21,22)23/h8-9,11H,5-6H2,1-4H3/b12-10+/t8-,9+,11+/m0/s1. The largest absolute Gasteiger partial charge is 0.460 e. The molecule has 2 aliphatic heterocycles. The van der Waals surface area contributed by atoms with Gasteiger partial charge in [0.05, 0.1) is 12.7 Å². The maximum atomic E-state index is 13.7. The fourth-order valence-electron chi connectivity index (χ4n) is 2.87. The van der Waals surface area contributed by atoms with E-state index >= 15 is 0 Å². The van der Waals surface area contributed by atoms with E-state index in [9.17, 15) is 35.5 Å². The van der Waals surface area contributed by atoms with Gasteiger partial charge in [-0.15, -0.1) is 0 Å². The van der Waals surface area contributed by atoms with Crippen LogP contribution >= 0.6 is 0 Å². The van der Waals surface area contributed by atoms with Crippen molar-refractivity contribution in [2.24, 2.45) is 0 Å². The summed E-state index contributed by atoms with van der Waals surface area (Å²) in [7, 11) is 0. The van der Waals surface area contributed by atoms with Crippen molar-refractivity contribution in [1.82, 2.24) is 0 Å². The highest BCUT2D eigenvalue weighted by molar-refractivity contribution is 5.94. The molecule has 0 bridgehead atoms. The number of ether oxygens (including phenoxy) is 4. The van der Waals surface area contributed by atoms with E-state index in [1.807, 2.05) is 0 Å². The molecular weight excluding hydrogens is 405 g/mol. The van der Waals surface area contributed by atoms with E-state index in [-0.39, 0.29) is 6.61 Å². The molecule has 0 amide bonds. The van der Waals surface area contributed by atoms with Gasteiger partial charge in [0, 0.05) is 6.42 Å². The minimum atomic E-state index is -6.40. The summed E-state index contributed by atoms with van der Waals surface area (Å²) in [6.07, 6.45) is -10.5. The summed E-state index contributed by atoms with van der Waals surface area (Å²) in [4.78, 5) is 11.8. The highest BCUT2D eigenvalue weighted by atomic mass is 19.4. The zero-order valence-corrected chi connectivity index (χ0v) is 15.3. The van der Waals surface area contributed by atoms with Gasteiger partial charge in [0.15, 0.2) is 17.4 Å². The molecule has 5 nitrogen and oxygen atoms in total. The number of Topliss-reactive ketones (excluding diaryl/α,β-unsaturated/α-hetero) is 1. The molecule has 3 atom stereocenters. The van der Waals surface area contributed by atoms with Gasteiger partial charge >= 0.3 is 12.1 Å². The Balaban J connectivity index is 2.20. The summed E-state index contributed by atoms with van der Waals surface area (Å²) in [5.41, 5.74) is 0.